The number of morpholine rings is 1. The van der Waals surface area contributed by atoms with Crippen LogP contribution in [0, 0.1) is 0 Å². The molecule has 30 heavy (non-hydrogen) atoms. The lowest BCUT2D eigenvalue weighted by atomic mass is 10.1. The number of rotatable bonds is 5. The number of hydrogen-bond donors (Lipinski definition) is 1. The van der Waals surface area contributed by atoms with Crippen LogP contribution in [0.4, 0.5) is 5.82 Å². The molecule has 0 amide bonds. The first-order chi connectivity index (χ1) is 14.8. The zero-order valence-electron chi connectivity index (χ0n) is 16.0. The Morgan fingerprint density at radius 3 is 2.60 bits per heavy atom. The summed E-state index contributed by atoms with van der Waals surface area (Å²) >= 11 is 0. The van der Waals surface area contributed by atoms with Crippen molar-refractivity contribution in [1.82, 2.24) is 24.9 Å². The van der Waals surface area contributed by atoms with Crippen molar-refractivity contribution in [1.29, 1.82) is 0 Å². The molecule has 150 valence electrons. The first kappa shape index (κ1) is 18.2. The molecular formula is C21H18N6O3. The van der Waals surface area contributed by atoms with E-state index in [1.807, 2.05) is 6.07 Å². The normalized spacial score (nSPS) is 14.1. The van der Waals surface area contributed by atoms with Crippen LogP contribution in [0.3, 0.4) is 0 Å². The molecule has 0 aliphatic carbocycles. The highest BCUT2D eigenvalue weighted by Crippen LogP contribution is 2.28. The fourth-order valence-corrected chi connectivity index (χ4v) is 3.26. The van der Waals surface area contributed by atoms with Gasteiger partial charge in [-0.25, -0.2) is 19.9 Å². The molecule has 1 aromatic carbocycles. The van der Waals surface area contributed by atoms with Crippen molar-refractivity contribution < 1.29 is 14.3 Å². The van der Waals surface area contributed by atoms with E-state index in [0.717, 1.165) is 18.6 Å². The Hall–Kier alpha value is -3.85. The van der Waals surface area contributed by atoms with Crippen molar-refractivity contribution in [3.8, 4) is 11.6 Å². The summed E-state index contributed by atoms with van der Waals surface area (Å²) in [5.74, 6) is 1.69. The molecular weight excluding hydrogens is 384 g/mol. The third-order valence-electron chi connectivity index (χ3n) is 4.76. The molecule has 1 aliphatic rings. The number of nitrogens with one attached hydrogen (secondary N) is 1. The van der Waals surface area contributed by atoms with Crippen LogP contribution >= 0.6 is 0 Å². The quantitative estimate of drug-likeness (QED) is 0.508. The first-order valence-electron chi connectivity index (χ1n) is 9.55. The monoisotopic (exact) mass is 402 g/mol. The Kier molecular flexibility index (Phi) is 4.78. The zero-order valence-corrected chi connectivity index (χ0v) is 16.0. The van der Waals surface area contributed by atoms with Crippen molar-refractivity contribution in [2.45, 2.75) is 0 Å². The number of nitrogens with zero attached hydrogens (tertiary/aromatic N) is 5. The highest BCUT2D eigenvalue weighted by Gasteiger charge is 2.19. The van der Waals surface area contributed by atoms with Gasteiger partial charge in [0.25, 0.3) is 5.88 Å². The van der Waals surface area contributed by atoms with Gasteiger partial charge in [-0.1, -0.05) is 0 Å². The minimum absolute atomic E-state index is 0.215. The SMILES string of the molecule is O=C(c1ccc(Oc2nccnc2N2CCOCC2)cc1)c1nc2ncccc2[nH]1. The van der Waals surface area contributed by atoms with E-state index in [-0.39, 0.29) is 11.6 Å². The van der Waals surface area contributed by atoms with Gasteiger partial charge < -0.3 is 19.4 Å². The van der Waals surface area contributed by atoms with Crippen molar-refractivity contribution in [2.75, 3.05) is 31.2 Å². The predicted molar refractivity (Wildman–Crippen MR) is 109 cm³/mol. The van der Waals surface area contributed by atoms with Gasteiger partial charge in [0.2, 0.25) is 5.78 Å². The van der Waals surface area contributed by atoms with Gasteiger partial charge in [-0.2, -0.15) is 0 Å². The number of pyridine rings is 1. The molecule has 9 nitrogen and oxygen atoms in total. The van der Waals surface area contributed by atoms with Gasteiger partial charge in [0.1, 0.15) is 5.75 Å². The van der Waals surface area contributed by atoms with Crippen LogP contribution in [-0.4, -0.2) is 57.0 Å². The van der Waals surface area contributed by atoms with E-state index < -0.39 is 0 Å². The largest absolute Gasteiger partial charge is 0.436 e. The van der Waals surface area contributed by atoms with Crippen molar-refractivity contribution in [2.24, 2.45) is 0 Å². The zero-order chi connectivity index (χ0) is 20.3. The molecule has 0 atom stereocenters. The molecule has 1 aliphatic heterocycles. The number of H-pyrrole nitrogens is 1. The van der Waals surface area contributed by atoms with Gasteiger partial charge in [-0.05, 0) is 36.4 Å². The fraction of sp³-hybridized carbons (Fsp3) is 0.190. The molecule has 0 radical (unpaired) electrons. The van der Waals surface area contributed by atoms with Gasteiger partial charge in [-0.15, -0.1) is 0 Å². The molecule has 4 heterocycles. The number of ketones is 1. The number of aromatic amines is 1. The molecule has 1 N–H and O–H groups in total. The maximum atomic E-state index is 12.7. The van der Waals surface area contributed by atoms with Gasteiger partial charge in [0, 0.05) is 37.2 Å². The van der Waals surface area contributed by atoms with E-state index in [1.54, 1.807) is 48.9 Å². The van der Waals surface area contributed by atoms with Gasteiger partial charge in [0.05, 0.1) is 18.7 Å². The lowest BCUT2D eigenvalue weighted by Crippen LogP contribution is -2.37. The first-order valence-corrected chi connectivity index (χ1v) is 9.55. The second-order valence-corrected chi connectivity index (χ2v) is 6.70. The smallest absolute Gasteiger partial charge is 0.263 e. The molecule has 3 aromatic heterocycles. The van der Waals surface area contributed by atoms with Crippen LogP contribution in [0.1, 0.15) is 16.2 Å². The summed E-state index contributed by atoms with van der Waals surface area (Å²) in [6.45, 7) is 2.75. The molecule has 0 unspecified atom stereocenters. The summed E-state index contributed by atoms with van der Waals surface area (Å²) in [4.78, 5) is 35.0. The molecule has 4 aromatic rings. The number of carbonyl (C=O) groups excluding carboxylic acids is 1. The highest BCUT2D eigenvalue weighted by atomic mass is 16.5. The average molecular weight is 402 g/mol. The third-order valence-corrected chi connectivity index (χ3v) is 4.76. The van der Waals surface area contributed by atoms with Crippen LogP contribution in [0.5, 0.6) is 11.6 Å². The number of aromatic nitrogens is 5. The van der Waals surface area contributed by atoms with E-state index in [9.17, 15) is 4.79 Å². The highest BCUT2D eigenvalue weighted by molar-refractivity contribution is 6.07. The summed E-state index contributed by atoms with van der Waals surface area (Å²) in [5, 5.41) is 0. The minimum Gasteiger partial charge on any atom is -0.436 e. The maximum absolute atomic E-state index is 12.7. The lowest BCUT2D eigenvalue weighted by Gasteiger charge is -2.28. The maximum Gasteiger partial charge on any atom is 0.263 e. The second-order valence-electron chi connectivity index (χ2n) is 6.70. The molecule has 9 heteroatoms. The number of carbonyl (C=O) groups is 1. The Bertz CT molecular complexity index is 1150. The number of imidazole rings is 1. The number of fused-ring (bicyclic) bond motifs is 1. The van der Waals surface area contributed by atoms with Crippen LogP contribution in [0.15, 0.2) is 55.0 Å². The summed E-state index contributed by atoms with van der Waals surface area (Å²) < 4.78 is 11.3. The van der Waals surface area contributed by atoms with E-state index in [1.165, 1.54) is 0 Å². The lowest BCUT2D eigenvalue weighted by molar-refractivity contribution is 0.103. The molecule has 1 fully saturated rings. The van der Waals surface area contributed by atoms with E-state index >= 15 is 0 Å². The number of ether oxygens (including phenoxy) is 2. The summed E-state index contributed by atoms with van der Waals surface area (Å²) in [6.07, 6.45) is 4.87. The molecule has 0 bridgehead atoms. The predicted octanol–water partition coefficient (Wildman–Crippen LogP) is 2.61. The summed E-state index contributed by atoms with van der Waals surface area (Å²) in [5.41, 5.74) is 1.73. The van der Waals surface area contributed by atoms with Crippen LogP contribution in [-0.2, 0) is 4.74 Å². The second kappa shape index (κ2) is 7.88. The summed E-state index contributed by atoms with van der Waals surface area (Å²) in [6, 6.07) is 10.5. The minimum atomic E-state index is -0.215. The molecule has 0 saturated carbocycles. The van der Waals surface area contributed by atoms with Crippen molar-refractivity contribution in [3.63, 3.8) is 0 Å². The van der Waals surface area contributed by atoms with E-state index in [2.05, 4.69) is 29.8 Å². The number of benzene rings is 1. The average Bonchev–Trinajstić information content (AvgIpc) is 3.24. The van der Waals surface area contributed by atoms with Gasteiger partial charge in [-0.3, -0.25) is 4.79 Å². The Balaban J connectivity index is 1.35. The van der Waals surface area contributed by atoms with Gasteiger partial charge in [0.15, 0.2) is 17.3 Å². The van der Waals surface area contributed by atoms with E-state index in [4.69, 9.17) is 9.47 Å². The third kappa shape index (κ3) is 3.58. The van der Waals surface area contributed by atoms with Crippen molar-refractivity contribution >= 4 is 22.8 Å². The van der Waals surface area contributed by atoms with Gasteiger partial charge >= 0.3 is 0 Å². The van der Waals surface area contributed by atoms with Crippen LogP contribution < -0.4 is 9.64 Å². The standard InChI is InChI=1S/C21H18N6O3/c28-17(19-25-16-2-1-7-22-18(16)26-19)14-3-5-15(6-4-14)30-21-20(23-8-9-24-21)27-10-12-29-13-11-27/h1-9H,10-13H2,(H,22,25,26). The topological polar surface area (TPSA) is 106 Å². The number of hydrogen-bond acceptors (Lipinski definition) is 8. The Labute approximate surface area is 171 Å². The molecule has 1 saturated heterocycles. The molecule has 0 spiro atoms. The Morgan fingerprint density at radius 2 is 1.80 bits per heavy atom. The van der Waals surface area contributed by atoms with Crippen LogP contribution in [0.25, 0.3) is 11.2 Å². The number of anilines is 1. The fourth-order valence-electron chi connectivity index (χ4n) is 3.26. The van der Waals surface area contributed by atoms with Crippen LogP contribution in [0.2, 0.25) is 0 Å². The summed E-state index contributed by atoms with van der Waals surface area (Å²) in [7, 11) is 0. The van der Waals surface area contributed by atoms with Crippen molar-refractivity contribution in [3.05, 3.63) is 66.4 Å². The Morgan fingerprint density at radius 1 is 1.00 bits per heavy atom. The van der Waals surface area contributed by atoms with E-state index in [0.29, 0.717) is 41.9 Å². The molecule has 5 rings (SSSR count).